The van der Waals surface area contributed by atoms with Gasteiger partial charge in [-0.25, -0.2) is 4.99 Å². The quantitative estimate of drug-likeness (QED) is 0.173. The molecule has 3 nitrogen and oxygen atoms in total. The van der Waals surface area contributed by atoms with E-state index < -0.39 is 0 Å². The SMILES string of the molecule is C1=CCC2N=C(c3cccc4c3sc3ccccc34)N=C(n3c4ccccc4c4cc(-c5ccc6c(c5)-c5ccccc5CC6c5ccccc5)ccc43)C2=C1. The Bertz CT molecular complexity index is 3210. The number of rotatable bonds is 3. The van der Waals surface area contributed by atoms with Crippen molar-refractivity contribution in [2.24, 2.45) is 9.98 Å². The Hall–Kier alpha value is -6.62. The van der Waals surface area contributed by atoms with Gasteiger partial charge >= 0.3 is 0 Å². The van der Waals surface area contributed by atoms with Crippen molar-refractivity contribution < 1.29 is 0 Å². The van der Waals surface area contributed by atoms with Crippen molar-refractivity contribution in [3.05, 3.63) is 204 Å². The van der Waals surface area contributed by atoms with E-state index in [0.29, 0.717) is 5.92 Å². The lowest BCUT2D eigenvalue weighted by atomic mass is 9.75. The second kappa shape index (κ2) is 12.5. The van der Waals surface area contributed by atoms with Gasteiger partial charge in [-0.3, -0.25) is 9.56 Å². The average Bonchev–Trinajstić information content (AvgIpc) is 3.81. The fourth-order valence-corrected chi connectivity index (χ4v) is 10.7. The number of fused-ring (bicyclic) bond motifs is 10. The third kappa shape index (κ3) is 4.82. The monoisotopic (exact) mass is 733 g/mol. The molecular weight excluding hydrogens is 699 g/mol. The Kier molecular flexibility index (Phi) is 7.05. The first kappa shape index (κ1) is 31.7. The van der Waals surface area contributed by atoms with Crippen LogP contribution in [0.3, 0.4) is 0 Å². The summed E-state index contributed by atoms with van der Waals surface area (Å²) in [7, 11) is 0. The molecule has 3 heterocycles. The smallest absolute Gasteiger partial charge is 0.159 e. The standard InChI is InChI=1S/C52H35N3S/c1-2-13-32(14-3-1)43-31-35-15-4-5-16-36(35)44-29-33(25-27-37(43)44)34-26-28-48-45(30-34)38-17-7-10-23-47(38)55(48)52-41-19-6-9-22-46(41)53-51(54-52)42-21-12-20-40-39-18-8-11-24-49(39)56-50(40)42/h1-21,23-30,43,46H,22,31H2. The molecule has 264 valence electrons. The topological polar surface area (TPSA) is 29.6 Å². The summed E-state index contributed by atoms with van der Waals surface area (Å²) in [6, 6.07) is 58.1. The molecule has 2 atom stereocenters. The van der Waals surface area contributed by atoms with Gasteiger partial charge in [0.05, 0.1) is 17.1 Å². The van der Waals surface area contributed by atoms with Crippen molar-refractivity contribution in [2.45, 2.75) is 24.8 Å². The van der Waals surface area contributed by atoms with Gasteiger partial charge in [-0.2, -0.15) is 0 Å². The Morgan fingerprint density at radius 1 is 0.589 bits per heavy atom. The number of aromatic nitrogens is 1. The van der Waals surface area contributed by atoms with Gasteiger partial charge in [-0.1, -0.05) is 140 Å². The number of amidine groups is 1. The van der Waals surface area contributed by atoms with Crippen LogP contribution < -0.4 is 0 Å². The highest BCUT2D eigenvalue weighted by atomic mass is 32.1. The molecule has 0 fully saturated rings. The average molecular weight is 734 g/mol. The predicted molar refractivity (Wildman–Crippen MR) is 237 cm³/mol. The molecule has 0 spiro atoms. The zero-order valence-electron chi connectivity index (χ0n) is 30.6. The zero-order valence-corrected chi connectivity index (χ0v) is 31.4. The van der Waals surface area contributed by atoms with E-state index in [1.807, 2.05) is 11.3 Å². The third-order valence-electron chi connectivity index (χ3n) is 12.1. The maximum atomic E-state index is 5.52. The summed E-state index contributed by atoms with van der Waals surface area (Å²) < 4.78 is 4.91. The highest BCUT2D eigenvalue weighted by molar-refractivity contribution is 7.26. The Balaban J connectivity index is 1.03. The molecule has 2 aromatic heterocycles. The van der Waals surface area contributed by atoms with Gasteiger partial charge in [-0.15, -0.1) is 11.3 Å². The van der Waals surface area contributed by atoms with Crippen molar-refractivity contribution in [3.63, 3.8) is 0 Å². The minimum atomic E-state index is 0.000653. The summed E-state index contributed by atoms with van der Waals surface area (Å²) >= 11 is 1.83. The fourth-order valence-electron chi connectivity index (χ4n) is 9.46. The molecule has 0 bridgehead atoms. The van der Waals surface area contributed by atoms with Gasteiger partial charge in [0, 0.05) is 48.0 Å². The van der Waals surface area contributed by atoms with Crippen molar-refractivity contribution in [1.29, 1.82) is 0 Å². The number of hydrogen-bond donors (Lipinski definition) is 0. The van der Waals surface area contributed by atoms with E-state index in [0.717, 1.165) is 46.7 Å². The number of aliphatic imine (C=N–C) groups is 2. The van der Waals surface area contributed by atoms with Gasteiger partial charge in [0.1, 0.15) is 5.84 Å². The lowest BCUT2D eigenvalue weighted by molar-refractivity contribution is 0.789. The number of para-hydroxylation sites is 1. The van der Waals surface area contributed by atoms with Crippen molar-refractivity contribution in [2.75, 3.05) is 0 Å². The highest BCUT2D eigenvalue weighted by Gasteiger charge is 2.30. The molecule has 0 radical (unpaired) electrons. The van der Waals surface area contributed by atoms with Crippen LogP contribution in [0.1, 0.15) is 34.6 Å². The summed E-state index contributed by atoms with van der Waals surface area (Å²) in [5.41, 5.74) is 13.9. The lowest BCUT2D eigenvalue weighted by Gasteiger charge is -2.29. The number of nitrogens with zero attached hydrogens (tertiary/aromatic N) is 3. The Morgan fingerprint density at radius 3 is 2.29 bits per heavy atom. The van der Waals surface area contributed by atoms with E-state index in [9.17, 15) is 0 Å². The van der Waals surface area contributed by atoms with E-state index >= 15 is 0 Å². The number of thiophene rings is 1. The minimum absolute atomic E-state index is 0.000653. The van der Waals surface area contributed by atoms with Gasteiger partial charge in [0.25, 0.3) is 0 Å². The lowest BCUT2D eigenvalue weighted by Crippen LogP contribution is -2.29. The summed E-state index contributed by atoms with van der Waals surface area (Å²) in [6.45, 7) is 0. The van der Waals surface area contributed by atoms with Crippen LogP contribution in [0.15, 0.2) is 192 Å². The van der Waals surface area contributed by atoms with E-state index in [4.69, 9.17) is 9.98 Å². The molecule has 12 rings (SSSR count). The maximum absolute atomic E-state index is 5.52. The third-order valence-corrected chi connectivity index (χ3v) is 13.3. The van der Waals surface area contributed by atoms with E-state index in [-0.39, 0.29) is 6.04 Å². The zero-order chi connectivity index (χ0) is 36.7. The highest BCUT2D eigenvalue weighted by Crippen LogP contribution is 2.45. The number of allylic oxidation sites excluding steroid dienone is 2. The molecule has 3 aliphatic rings. The molecule has 0 amide bonds. The van der Waals surface area contributed by atoms with Crippen molar-refractivity contribution in [3.8, 4) is 22.3 Å². The summed E-state index contributed by atoms with van der Waals surface area (Å²) in [4.78, 5) is 10.9. The van der Waals surface area contributed by atoms with Crippen LogP contribution in [0.25, 0.3) is 64.2 Å². The molecule has 1 aliphatic heterocycles. The van der Waals surface area contributed by atoms with Crippen LogP contribution in [0.5, 0.6) is 0 Å². The summed E-state index contributed by atoms with van der Waals surface area (Å²) in [5, 5.41) is 4.99. The van der Waals surface area contributed by atoms with Crippen LogP contribution >= 0.6 is 11.3 Å². The first-order chi connectivity index (χ1) is 27.8. The molecule has 2 aliphatic carbocycles. The second-order valence-corrected chi connectivity index (χ2v) is 16.2. The summed E-state index contributed by atoms with van der Waals surface area (Å²) in [5.74, 6) is 2.10. The van der Waals surface area contributed by atoms with Gasteiger partial charge < -0.3 is 0 Å². The van der Waals surface area contributed by atoms with E-state index in [2.05, 4.69) is 181 Å². The maximum Gasteiger partial charge on any atom is 0.159 e. The molecule has 4 heteroatoms. The molecule has 0 N–H and O–H groups in total. The van der Waals surface area contributed by atoms with Gasteiger partial charge in [-0.05, 0) is 88.2 Å². The normalized spacial score (nSPS) is 17.4. The van der Waals surface area contributed by atoms with Crippen LogP contribution in [0.4, 0.5) is 0 Å². The van der Waals surface area contributed by atoms with Crippen LogP contribution in [-0.2, 0) is 6.42 Å². The van der Waals surface area contributed by atoms with Crippen molar-refractivity contribution in [1.82, 2.24) is 4.57 Å². The molecule has 56 heavy (non-hydrogen) atoms. The molecule has 0 saturated carbocycles. The molecule has 2 unspecified atom stereocenters. The minimum Gasteiger partial charge on any atom is -0.293 e. The van der Waals surface area contributed by atoms with E-state index in [1.165, 1.54) is 69.9 Å². The van der Waals surface area contributed by atoms with Crippen LogP contribution in [0.2, 0.25) is 0 Å². The fraction of sp³-hybridized carbons (Fsp3) is 0.0769. The molecule has 7 aromatic carbocycles. The van der Waals surface area contributed by atoms with Crippen LogP contribution in [0, 0.1) is 0 Å². The Morgan fingerprint density at radius 2 is 1.34 bits per heavy atom. The molecular formula is C52H35N3S. The predicted octanol–water partition coefficient (Wildman–Crippen LogP) is 13.1. The van der Waals surface area contributed by atoms with E-state index in [1.54, 1.807) is 0 Å². The van der Waals surface area contributed by atoms with Gasteiger partial charge in [0.15, 0.2) is 5.84 Å². The number of hydrogen-bond acceptors (Lipinski definition) is 3. The Labute approximate surface area is 328 Å². The second-order valence-electron chi connectivity index (χ2n) is 15.2. The molecule has 0 saturated heterocycles. The van der Waals surface area contributed by atoms with Gasteiger partial charge in [0.2, 0.25) is 0 Å². The number of benzene rings is 7. The van der Waals surface area contributed by atoms with Crippen molar-refractivity contribution >= 4 is 65.0 Å². The summed E-state index contributed by atoms with van der Waals surface area (Å²) in [6.07, 6.45) is 8.48. The van der Waals surface area contributed by atoms with Crippen LogP contribution in [-0.4, -0.2) is 22.3 Å². The first-order valence-corrected chi connectivity index (χ1v) is 20.3. The molecule has 9 aromatic rings. The first-order valence-electron chi connectivity index (χ1n) is 19.5. The largest absolute Gasteiger partial charge is 0.293 e.